The molecule has 1 unspecified atom stereocenters. The van der Waals surface area contributed by atoms with Gasteiger partial charge in [0, 0.05) is 37.5 Å². The fraction of sp³-hybridized carbons (Fsp3) is 0.286. The molecule has 2 rings (SSSR count). The highest BCUT2D eigenvalue weighted by atomic mass is 32.1. The molecular weight excluding hydrogens is 416 g/mol. The molecule has 0 bridgehead atoms. The van der Waals surface area contributed by atoms with Gasteiger partial charge in [0.05, 0.1) is 12.8 Å². The van der Waals surface area contributed by atoms with Crippen molar-refractivity contribution >= 4 is 41.1 Å². The fourth-order valence-corrected chi connectivity index (χ4v) is 2.88. The number of rotatable bonds is 10. The third kappa shape index (κ3) is 8.79. The second kappa shape index (κ2) is 12.9. The summed E-state index contributed by atoms with van der Waals surface area (Å²) in [4.78, 5) is 28.6. The molecule has 0 radical (unpaired) electrons. The number of carbonyl (C=O) groups excluding carboxylic acids is 2. The summed E-state index contributed by atoms with van der Waals surface area (Å²) in [6.07, 6.45) is 5.27. The van der Waals surface area contributed by atoms with E-state index in [1.54, 1.807) is 25.4 Å². The van der Waals surface area contributed by atoms with Crippen molar-refractivity contribution in [1.82, 2.24) is 15.6 Å². The molecule has 0 aliphatic heterocycles. The van der Waals surface area contributed by atoms with E-state index in [-0.39, 0.29) is 18.9 Å². The maximum atomic E-state index is 12.3. The van der Waals surface area contributed by atoms with Gasteiger partial charge in [0.1, 0.15) is 6.04 Å². The number of aromatic nitrogens is 1. The molecular formula is C21H26N6O3S. The summed E-state index contributed by atoms with van der Waals surface area (Å²) in [5.41, 5.74) is 2.48. The SMILES string of the molecule is CCOC(=O)C(Cc1cccnc1)NC(=O)CCNC(=S)Nc1ccc(C=NN)cc1. The van der Waals surface area contributed by atoms with Crippen molar-refractivity contribution in [3.05, 3.63) is 59.9 Å². The van der Waals surface area contributed by atoms with Crippen molar-refractivity contribution in [3.63, 3.8) is 0 Å². The molecule has 10 heteroatoms. The van der Waals surface area contributed by atoms with Crippen LogP contribution >= 0.6 is 12.2 Å². The van der Waals surface area contributed by atoms with Gasteiger partial charge in [-0.25, -0.2) is 4.79 Å². The van der Waals surface area contributed by atoms with Gasteiger partial charge in [-0.3, -0.25) is 9.78 Å². The largest absolute Gasteiger partial charge is 0.464 e. The Morgan fingerprint density at radius 2 is 2.06 bits per heavy atom. The molecule has 1 aromatic carbocycles. The van der Waals surface area contributed by atoms with Gasteiger partial charge < -0.3 is 26.5 Å². The van der Waals surface area contributed by atoms with Crippen LogP contribution in [-0.2, 0) is 20.7 Å². The average Bonchev–Trinajstić information content (AvgIpc) is 2.76. The summed E-state index contributed by atoms with van der Waals surface area (Å²) in [5, 5.41) is 12.6. The molecule has 31 heavy (non-hydrogen) atoms. The number of nitrogens with two attached hydrogens (primary N) is 1. The normalized spacial score (nSPS) is 11.5. The second-order valence-corrected chi connectivity index (χ2v) is 6.88. The molecule has 1 atom stereocenters. The maximum absolute atomic E-state index is 12.3. The zero-order valence-electron chi connectivity index (χ0n) is 17.2. The first-order chi connectivity index (χ1) is 15.0. The van der Waals surface area contributed by atoms with E-state index in [4.69, 9.17) is 22.8 Å². The number of anilines is 1. The molecule has 0 saturated carbocycles. The number of hydrogen-bond donors (Lipinski definition) is 4. The van der Waals surface area contributed by atoms with Crippen LogP contribution in [0.2, 0.25) is 0 Å². The van der Waals surface area contributed by atoms with Crippen LogP contribution in [0.1, 0.15) is 24.5 Å². The van der Waals surface area contributed by atoms with E-state index in [0.29, 0.717) is 18.1 Å². The number of nitrogens with zero attached hydrogens (tertiary/aromatic N) is 2. The Labute approximate surface area is 186 Å². The van der Waals surface area contributed by atoms with Gasteiger partial charge in [-0.2, -0.15) is 5.10 Å². The van der Waals surface area contributed by atoms with Crippen LogP contribution in [0.4, 0.5) is 5.69 Å². The van der Waals surface area contributed by atoms with E-state index in [1.165, 1.54) is 6.21 Å². The van der Waals surface area contributed by atoms with Crippen molar-refractivity contribution in [3.8, 4) is 0 Å². The standard InChI is InChI=1S/C21H26N6O3S/c1-2-30-20(29)18(12-16-4-3-10-23-13-16)27-19(28)9-11-24-21(31)26-17-7-5-15(6-8-17)14-25-22/h3-8,10,13-14,18H,2,9,11-12,22H2,1H3,(H,27,28)(H2,24,26,31). The number of ether oxygens (including phenoxy) is 1. The zero-order valence-corrected chi connectivity index (χ0v) is 18.0. The highest BCUT2D eigenvalue weighted by molar-refractivity contribution is 7.80. The molecule has 0 saturated heterocycles. The molecule has 0 aliphatic rings. The van der Waals surface area contributed by atoms with Crippen LogP contribution in [-0.4, -0.2) is 47.4 Å². The summed E-state index contributed by atoms with van der Waals surface area (Å²) in [7, 11) is 0. The number of benzene rings is 1. The smallest absolute Gasteiger partial charge is 0.328 e. The van der Waals surface area contributed by atoms with Crippen molar-refractivity contribution in [2.75, 3.05) is 18.5 Å². The first kappa shape index (κ1) is 23.7. The number of pyridine rings is 1. The van der Waals surface area contributed by atoms with Crippen molar-refractivity contribution in [1.29, 1.82) is 0 Å². The molecule has 164 valence electrons. The number of hydrazone groups is 1. The highest BCUT2D eigenvalue weighted by Crippen LogP contribution is 2.08. The van der Waals surface area contributed by atoms with Gasteiger partial charge in [-0.15, -0.1) is 0 Å². The van der Waals surface area contributed by atoms with Gasteiger partial charge >= 0.3 is 5.97 Å². The number of thiocarbonyl (C=S) groups is 1. The minimum atomic E-state index is -0.780. The molecule has 1 amide bonds. The van der Waals surface area contributed by atoms with E-state index < -0.39 is 12.0 Å². The van der Waals surface area contributed by atoms with Gasteiger partial charge in [-0.1, -0.05) is 18.2 Å². The van der Waals surface area contributed by atoms with E-state index in [2.05, 4.69) is 26.0 Å². The highest BCUT2D eigenvalue weighted by Gasteiger charge is 2.22. The average molecular weight is 443 g/mol. The Morgan fingerprint density at radius 3 is 2.71 bits per heavy atom. The number of carbonyl (C=O) groups is 2. The molecule has 1 aromatic heterocycles. The number of esters is 1. The summed E-state index contributed by atoms with van der Waals surface area (Å²) >= 11 is 5.24. The number of hydrogen-bond acceptors (Lipinski definition) is 7. The predicted molar refractivity (Wildman–Crippen MR) is 124 cm³/mol. The van der Waals surface area contributed by atoms with Crippen LogP contribution in [0, 0.1) is 0 Å². The Balaban J connectivity index is 1.79. The molecule has 0 fully saturated rings. The third-order valence-electron chi connectivity index (χ3n) is 4.10. The summed E-state index contributed by atoms with van der Waals surface area (Å²) < 4.78 is 5.07. The lowest BCUT2D eigenvalue weighted by molar-refractivity contribution is -0.147. The van der Waals surface area contributed by atoms with Crippen LogP contribution in [0.25, 0.3) is 0 Å². The van der Waals surface area contributed by atoms with Crippen LogP contribution < -0.4 is 21.8 Å². The van der Waals surface area contributed by atoms with E-state index in [9.17, 15) is 9.59 Å². The number of nitrogens with one attached hydrogen (secondary N) is 3. The Hall–Kier alpha value is -3.53. The lowest BCUT2D eigenvalue weighted by atomic mass is 10.1. The van der Waals surface area contributed by atoms with E-state index >= 15 is 0 Å². The second-order valence-electron chi connectivity index (χ2n) is 6.47. The Bertz CT molecular complexity index is 890. The molecule has 9 nitrogen and oxygen atoms in total. The Kier molecular flexibility index (Phi) is 9.89. The molecule has 0 spiro atoms. The molecule has 2 aromatic rings. The van der Waals surface area contributed by atoms with Crippen LogP contribution in [0.5, 0.6) is 0 Å². The summed E-state index contributed by atoms with van der Waals surface area (Å²) in [6.45, 7) is 2.26. The van der Waals surface area contributed by atoms with Gasteiger partial charge in [-0.05, 0) is 48.5 Å². The summed E-state index contributed by atoms with van der Waals surface area (Å²) in [5.74, 6) is 4.35. The first-order valence-corrected chi connectivity index (χ1v) is 10.2. The minimum absolute atomic E-state index is 0.136. The van der Waals surface area contributed by atoms with Gasteiger partial charge in [0.2, 0.25) is 5.91 Å². The zero-order chi connectivity index (χ0) is 22.5. The first-order valence-electron chi connectivity index (χ1n) is 9.75. The lowest BCUT2D eigenvalue weighted by Crippen LogP contribution is -2.44. The molecule has 1 heterocycles. The minimum Gasteiger partial charge on any atom is -0.464 e. The summed E-state index contributed by atoms with van der Waals surface area (Å²) in [6, 6.07) is 10.2. The molecule has 5 N–H and O–H groups in total. The van der Waals surface area contributed by atoms with Gasteiger partial charge in [0.25, 0.3) is 0 Å². The van der Waals surface area contributed by atoms with E-state index in [1.807, 2.05) is 30.3 Å². The molecule has 0 aliphatic carbocycles. The van der Waals surface area contributed by atoms with Crippen molar-refractivity contribution < 1.29 is 14.3 Å². The quantitative estimate of drug-likeness (QED) is 0.143. The van der Waals surface area contributed by atoms with E-state index in [0.717, 1.165) is 16.8 Å². The van der Waals surface area contributed by atoms with Crippen molar-refractivity contribution in [2.45, 2.75) is 25.8 Å². The van der Waals surface area contributed by atoms with Gasteiger partial charge in [0.15, 0.2) is 5.11 Å². The van der Waals surface area contributed by atoms with Crippen LogP contribution in [0.15, 0.2) is 53.9 Å². The van der Waals surface area contributed by atoms with Crippen LogP contribution in [0.3, 0.4) is 0 Å². The predicted octanol–water partition coefficient (Wildman–Crippen LogP) is 1.34. The van der Waals surface area contributed by atoms with Crippen molar-refractivity contribution in [2.24, 2.45) is 10.9 Å². The number of amides is 1. The monoisotopic (exact) mass is 442 g/mol. The lowest BCUT2D eigenvalue weighted by Gasteiger charge is -2.17. The maximum Gasteiger partial charge on any atom is 0.328 e. The third-order valence-corrected chi connectivity index (χ3v) is 4.35. The Morgan fingerprint density at radius 1 is 1.29 bits per heavy atom. The topological polar surface area (TPSA) is 131 Å². The fourth-order valence-electron chi connectivity index (χ4n) is 2.66.